The normalized spacial score (nSPS) is 18.3. The van der Waals surface area contributed by atoms with Gasteiger partial charge in [-0.3, -0.25) is 4.79 Å². The van der Waals surface area contributed by atoms with E-state index in [4.69, 9.17) is 0 Å². The van der Waals surface area contributed by atoms with Crippen molar-refractivity contribution in [2.45, 2.75) is 19.8 Å². The minimum atomic E-state index is 0.332. The molecule has 0 spiro atoms. The van der Waals surface area contributed by atoms with Crippen molar-refractivity contribution in [1.82, 2.24) is 4.90 Å². The Bertz CT molecular complexity index is 190. The molecule has 2 nitrogen and oxygen atoms in total. The molecule has 0 bridgehead atoms. The van der Waals surface area contributed by atoms with Gasteiger partial charge >= 0.3 is 0 Å². The molecule has 0 aromatic carbocycles. The summed E-state index contributed by atoms with van der Waals surface area (Å²) in [5, 5.41) is 0. The molecular formula is C9H15NO. The number of carbonyl (C=O) groups excluding carboxylic acids is 1. The van der Waals surface area contributed by atoms with Crippen molar-refractivity contribution in [1.29, 1.82) is 0 Å². The third kappa shape index (κ3) is 2.37. The molecule has 1 aliphatic rings. The fourth-order valence-electron chi connectivity index (χ4n) is 1.12. The third-order valence-electron chi connectivity index (χ3n) is 1.79. The standard InChI is InChI=1S/C9H15NO/c1-7(6-10(2)3)9(11)8-4-5-8/h6,8H,4-5H2,1-3H3/b7-6+. The van der Waals surface area contributed by atoms with E-state index in [1.54, 1.807) is 0 Å². The van der Waals surface area contributed by atoms with Crippen LogP contribution < -0.4 is 0 Å². The summed E-state index contributed by atoms with van der Waals surface area (Å²) in [6, 6.07) is 0. The van der Waals surface area contributed by atoms with Crippen LogP contribution in [0.4, 0.5) is 0 Å². The molecule has 0 unspecified atom stereocenters. The Morgan fingerprint density at radius 1 is 1.45 bits per heavy atom. The molecule has 1 saturated carbocycles. The van der Waals surface area contributed by atoms with Crippen LogP contribution >= 0.6 is 0 Å². The summed E-state index contributed by atoms with van der Waals surface area (Å²) in [5.41, 5.74) is 0.887. The fraction of sp³-hybridized carbons (Fsp3) is 0.667. The minimum Gasteiger partial charge on any atom is -0.383 e. The number of ketones is 1. The molecule has 2 heteroatoms. The Hall–Kier alpha value is -0.790. The van der Waals surface area contributed by atoms with Gasteiger partial charge < -0.3 is 4.90 Å². The first-order valence-electron chi connectivity index (χ1n) is 4.00. The molecule has 0 aromatic heterocycles. The second-order valence-corrected chi connectivity index (χ2v) is 3.41. The van der Waals surface area contributed by atoms with Crippen molar-refractivity contribution in [2.24, 2.45) is 5.92 Å². The number of hydrogen-bond donors (Lipinski definition) is 0. The van der Waals surface area contributed by atoms with E-state index in [1.807, 2.05) is 32.1 Å². The first-order valence-corrected chi connectivity index (χ1v) is 4.00. The van der Waals surface area contributed by atoms with E-state index in [9.17, 15) is 4.79 Å². The first-order chi connectivity index (χ1) is 5.11. The quantitative estimate of drug-likeness (QED) is 0.572. The van der Waals surface area contributed by atoms with E-state index in [0.717, 1.165) is 18.4 Å². The van der Waals surface area contributed by atoms with Crippen LogP contribution in [0.1, 0.15) is 19.8 Å². The average Bonchev–Trinajstić information content (AvgIpc) is 2.65. The van der Waals surface area contributed by atoms with Crippen LogP contribution in [0, 0.1) is 5.92 Å². The molecule has 1 rings (SSSR count). The van der Waals surface area contributed by atoms with Gasteiger partial charge in [-0.1, -0.05) is 0 Å². The highest BCUT2D eigenvalue weighted by atomic mass is 16.1. The molecule has 0 aliphatic heterocycles. The highest BCUT2D eigenvalue weighted by molar-refractivity contribution is 5.97. The molecule has 11 heavy (non-hydrogen) atoms. The number of carbonyl (C=O) groups is 1. The van der Waals surface area contributed by atoms with Crippen molar-refractivity contribution in [3.8, 4) is 0 Å². The van der Waals surface area contributed by atoms with Crippen molar-refractivity contribution in [3.05, 3.63) is 11.8 Å². The van der Waals surface area contributed by atoms with Crippen LogP contribution in [0.15, 0.2) is 11.8 Å². The van der Waals surface area contributed by atoms with Gasteiger partial charge in [0.1, 0.15) is 0 Å². The van der Waals surface area contributed by atoms with Crippen molar-refractivity contribution in [2.75, 3.05) is 14.1 Å². The van der Waals surface area contributed by atoms with Crippen molar-refractivity contribution >= 4 is 5.78 Å². The topological polar surface area (TPSA) is 20.3 Å². The summed E-state index contributed by atoms with van der Waals surface area (Å²) in [7, 11) is 3.87. The Labute approximate surface area is 67.9 Å². The fourth-order valence-corrected chi connectivity index (χ4v) is 1.12. The maximum atomic E-state index is 11.3. The maximum absolute atomic E-state index is 11.3. The van der Waals surface area contributed by atoms with Crippen molar-refractivity contribution < 1.29 is 4.79 Å². The molecule has 0 atom stereocenters. The number of rotatable bonds is 3. The monoisotopic (exact) mass is 153 g/mol. The van der Waals surface area contributed by atoms with E-state index < -0.39 is 0 Å². The van der Waals surface area contributed by atoms with Gasteiger partial charge in [0.15, 0.2) is 5.78 Å². The summed E-state index contributed by atoms with van der Waals surface area (Å²) >= 11 is 0. The minimum absolute atomic E-state index is 0.332. The van der Waals surface area contributed by atoms with Gasteiger partial charge in [0, 0.05) is 31.8 Å². The second kappa shape index (κ2) is 3.07. The maximum Gasteiger partial charge on any atom is 0.163 e. The second-order valence-electron chi connectivity index (χ2n) is 3.41. The molecule has 0 saturated heterocycles. The van der Waals surface area contributed by atoms with E-state index >= 15 is 0 Å². The zero-order valence-electron chi connectivity index (χ0n) is 7.42. The number of Topliss-reactive ketones (excluding diaryl/α,β-unsaturated/α-hetero) is 1. The van der Waals surface area contributed by atoms with E-state index in [1.165, 1.54) is 0 Å². The van der Waals surface area contributed by atoms with Crippen LogP contribution in [0.3, 0.4) is 0 Å². The number of allylic oxidation sites excluding steroid dienone is 1. The number of nitrogens with zero attached hydrogens (tertiary/aromatic N) is 1. The molecule has 0 radical (unpaired) electrons. The van der Waals surface area contributed by atoms with Gasteiger partial charge in [0.25, 0.3) is 0 Å². The third-order valence-corrected chi connectivity index (χ3v) is 1.79. The average molecular weight is 153 g/mol. The predicted octanol–water partition coefficient (Wildman–Crippen LogP) is 1.43. The zero-order valence-corrected chi connectivity index (χ0v) is 7.42. The Balaban J connectivity index is 2.51. The largest absolute Gasteiger partial charge is 0.383 e. The van der Waals surface area contributed by atoms with E-state index in [-0.39, 0.29) is 0 Å². The smallest absolute Gasteiger partial charge is 0.163 e. The van der Waals surface area contributed by atoms with Gasteiger partial charge in [-0.05, 0) is 19.8 Å². The van der Waals surface area contributed by atoms with Crippen LogP contribution in [0.5, 0.6) is 0 Å². The van der Waals surface area contributed by atoms with Crippen LogP contribution in [0.2, 0.25) is 0 Å². The van der Waals surface area contributed by atoms with Crippen LogP contribution in [-0.2, 0) is 4.79 Å². The highest BCUT2D eigenvalue weighted by Gasteiger charge is 2.30. The van der Waals surface area contributed by atoms with Gasteiger partial charge in [0.2, 0.25) is 0 Å². The lowest BCUT2D eigenvalue weighted by molar-refractivity contribution is -0.116. The Morgan fingerprint density at radius 2 is 2.00 bits per heavy atom. The molecule has 1 fully saturated rings. The Kier molecular flexibility index (Phi) is 2.32. The van der Waals surface area contributed by atoms with Crippen molar-refractivity contribution in [3.63, 3.8) is 0 Å². The molecule has 0 aromatic rings. The van der Waals surface area contributed by atoms with Crippen LogP contribution in [-0.4, -0.2) is 24.8 Å². The van der Waals surface area contributed by atoms with Crippen LogP contribution in [0.25, 0.3) is 0 Å². The lowest BCUT2D eigenvalue weighted by Gasteiger charge is -2.06. The predicted molar refractivity (Wildman–Crippen MR) is 45.2 cm³/mol. The SMILES string of the molecule is C/C(=C\N(C)C)C(=O)C1CC1. The summed E-state index contributed by atoms with van der Waals surface area (Å²) in [4.78, 5) is 13.3. The van der Waals surface area contributed by atoms with Gasteiger partial charge in [-0.15, -0.1) is 0 Å². The molecule has 0 N–H and O–H groups in total. The molecule has 1 aliphatic carbocycles. The molecule has 0 amide bonds. The zero-order chi connectivity index (χ0) is 8.43. The van der Waals surface area contributed by atoms with Gasteiger partial charge in [-0.2, -0.15) is 0 Å². The molecule has 0 heterocycles. The summed E-state index contributed by atoms with van der Waals surface area (Å²) in [5.74, 6) is 0.685. The van der Waals surface area contributed by atoms with Gasteiger partial charge in [0.05, 0.1) is 0 Å². The van der Waals surface area contributed by atoms with Gasteiger partial charge in [-0.25, -0.2) is 0 Å². The lowest BCUT2D eigenvalue weighted by atomic mass is 10.1. The number of hydrogen-bond acceptors (Lipinski definition) is 2. The van der Waals surface area contributed by atoms with E-state index in [2.05, 4.69) is 0 Å². The first kappa shape index (κ1) is 8.31. The molecule has 62 valence electrons. The summed E-state index contributed by atoms with van der Waals surface area (Å²) in [6.45, 7) is 1.89. The van der Waals surface area contributed by atoms with E-state index in [0.29, 0.717) is 11.7 Å². The lowest BCUT2D eigenvalue weighted by Crippen LogP contribution is -2.08. The summed E-state index contributed by atoms with van der Waals surface area (Å²) < 4.78 is 0. The highest BCUT2D eigenvalue weighted by Crippen LogP contribution is 2.32. The molecular weight excluding hydrogens is 138 g/mol. The Morgan fingerprint density at radius 3 is 2.36 bits per heavy atom. The summed E-state index contributed by atoms with van der Waals surface area (Å²) in [6.07, 6.45) is 4.08.